The van der Waals surface area contributed by atoms with E-state index in [2.05, 4.69) is 26.1 Å². The Morgan fingerprint density at radius 2 is 2.00 bits per heavy atom. The summed E-state index contributed by atoms with van der Waals surface area (Å²) in [7, 11) is 0. The topological polar surface area (TPSA) is 49.4 Å². The first kappa shape index (κ1) is 15.4. The molecule has 1 saturated heterocycles. The monoisotopic (exact) mass is 296 g/mol. The standard InChI is InChI=1S/C15H24N2O2S/c1-8(2)16-12(18)11-9(3)7-20-14-10(15(4,5)6)13(19)17(11)14/h8,10,14H,7H2,1-6H3,(H,16,18). The Morgan fingerprint density at radius 3 is 2.50 bits per heavy atom. The van der Waals surface area contributed by atoms with Crippen LogP contribution in [0.1, 0.15) is 41.5 Å². The number of carbonyl (C=O) groups is 2. The smallest absolute Gasteiger partial charge is 0.268 e. The Morgan fingerprint density at radius 1 is 1.40 bits per heavy atom. The minimum Gasteiger partial charge on any atom is -0.349 e. The van der Waals surface area contributed by atoms with Crippen molar-refractivity contribution in [1.29, 1.82) is 0 Å². The summed E-state index contributed by atoms with van der Waals surface area (Å²) >= 11 is 1.77. The molecular weight excluding hydrogens is 272 g/mol. The van der Waals surface area contributed by atoms with Gasteiger partial charge in [0.2, 0.25) is 5.91 Å². The number of hydrogen-bond acceptors (Lipinski definition) is 3. The molecule has 2 amide bonds. The van der Waals surface area contributed by atoms with Crippen LogP contribution in [0.3, 0.4) is 0 Å². The van der Waals surface area contributed by atoms with Crippen molar-refractivity contribution < 1.29 is 9.59 Å². The molecule has 20 heavy (non-hydrogen) atoms. The summed E-state index contributed by atoms with van der Waals surface area (Å²) < 4.78 is 0. The Labute approximate surface area is 125 Å². The van der Waals surface area contributed by atoms with Crippen LogP contribution in [0.2, 0.25) is 0 Å². The third-order valence-electron chi connectivity index (χ3n) is 3.73. The van der Waals surface area contributed by atoms with Crippen molar-refractivity contribution in [1.82, 2.24) is 10.2 Å². The van der Waals surface area contributed by atoms with Crippen LogP contribution in [0.5, 0.6) is 0 Å². The normalized spacial score (nSPS) is 26.6. The van der Waals surface area contributed by atoms with Crippen LogP contribution in [0.15, 0.2) is 11.3 Å². The summed E-state index contributed by atoms with van der Waals surface area (Å²) in [5, 5.41) is 3.01. The van der Waals surface area contributed by atoms with Crippen molar-refractivity contribution in [3.8, 4) is 0 Å². The van der Waals surface area contributed by atoms with Crippen LogP contribution in [0.4, 0.5) is 0 Å². The lowest BCUT2D eigenvalue weighted by atomic mass is 9.74. The van der Waals surface area contributed by atoms with Gasteiger partial charge in [-0.2, -0.15) is 0 Å². The molecule has 0 aliphatic carbocycles. The van der Waals surface area contributed by atoms with Crippen LogP contribution < -0.4 is 5.32 Å². The third kappa shape index (κ3) is 2.48. The molecule has 0 spiro atoms. The van der Waals surface area contributed by atoms with Crippen LogP contribution in [0.25, 0.3) is 0 Å². The lowest BCUT2D eigenvalue weighted by Crippen LogP contribution is -2.65. The predicted molar refractivity (Wildman–Crippen MR) is 82.0 cm³/mol. The maximum Gasteiger partial charge on any atom is 0.268 e. The second-order valence-electron chi connectivity index (χ2n) is 7.01. The van der Waals surface area contributed by atoms with Crippen LogP contribution >= 0.6 is 11.8 Å². The van der Waals surface area contributed by atoms with Crippen LogP contribution in [-0.4, -0.2) is 33.9 Å². The van der Waals surface area contributed by atoms with Crippen molar-refractivity contribution in [3.63, 3.8) is 0 Å². The van der Waals surface area contributed by atoms with Gasteiger partial charge in [-0.25, -0.2) is 0 Å². The van der Waals surface area contributed by atoms with Gasteiger partial charge in [0.1, 0.15) is 5.70 Å². The number of hydrogen-bond donors (Lipinski definition) is 1. The summed E-state index contributed by atoms with van der Waals surface area (Å²) in [5.74, 6) is 0.788. The first-order valence-corrected chi connectivity index (χ1v) is 8.14. The van der Waals surface area contributed by atoms with E-state index in [4.69, 9.17) is 0 Å². The number of nitrogens with zero attached hydrogens (tertiary/aromatic N) is 1. The van der Waals surface area contributed by atoms with E-state index in [1.165, 1.54) is 0 Å². The van der Waals surface area contributed by atoms with Crippen molar-refractivity contribution in [2.24, 2.45) is 11.3 Å². The molecule has 2 rings (SSSR count). The SMILES string of the molecule is CC1=C(C(=O)NC(C)C)N2C(=O)C(C(C)(C)C)C2SC1. The fourth-order valence-corrected chi connectivity index (χ4v) is 4.42. The van der Waals surface area contributed by atoms with Gasteiger partial charge in [-0.3, -0.25) is 14.5 Å². The second kappa shape index (κ2) is 5.10. The van der Waals surface area contributed by atoms with Gasteiger partial charge in [0, 0.05) is 11.8 Å². The maximum atomic E-state index is 12.5. The minimum absolute atomic E-state index is 0.00227. The Balaban J connectivity index is 2.27. The molecule has 0 aromatic rings. The van der Waals surface area contributed by atoms with Gasteiger partial charge in [-0.1, -0.05) is 20.8 Å². The average molecular weight is 296 g/mol. The number of rotatable bonds is 2. The fourth-order valence-electron chi connectivity index (χ4n) is 2.79. The number of nitrogens with one attached hydrogen (secondary N) is 1. The van der Waals surface area contributed by atoms with Crippen molar-refractivity contribution >= 4 is 23.6 Å². The summed E-state index contributed by atoms with van der Waals surface area (Å²) in [6, 6.07) is 0.0746. The molecule has 2 aliphatic rings. The van der Waals surface area contributed by atoms with Crippen molar-refractivity contribution in [2.45, 2.75) is 53.0 Å². The van der Waals surface area contributed by atoms with Gasteiger partial charge in [0.05, 0.1) is 11.3 Å². The average Bonchev–Trinajstić information content (AvgIpc) is 2.26. The van der Waals surface area contributed by atoms with Crippen LogP contribution in [0, 0.1) is 11.3 Å². The first-order chi connectivity index (χ1) is 9.14. The second-order valence-corrected chi connectivity index (χ2v) is 8.12. The molecule has 0 aromatic heterocycles. The zero-order chi connectivity index (χ0) is 15.2. The summed E-state index contributed by atoms with van der Waals surface area (Å²) in [5.41, 5.74) is 1.51. The molecule has 2 atom stereocenters. The van der Waals surface area contributed by atoms with E-state index in [1.807, 2.05) is 20.8 Å². The highest BCUT2D eigenvalue weighted by atomic mass is 32.2. The van der Waals surface area contributed by atoms with Gasteiger partial charge in [0.15, 0.2) is 0 Å². The van der Waals surface area contributed by atoms with Gasteiger partial charge < -0.3 is 5.32 Å². The molecule has 0 saturated carbocycles. The van der Waals surface area contributed by atoms with Gasteiger partial charge in [0.25, 0.3) is 5.91 Å². The Bertz CT molecular complexity index is 477. The number of carbonyl (C=O) groups excluding carboxylic acids is 2. The van der Waals surface area contributed by atoms with Crippen molar-refractivity contribution in [3.05, 3.63) is 11.3 Å². The van der Waals surface area contributed by atoms with E-state index >= 15 is 0 Å². The molecule has 4 nitrogen and oxygen atoms in total. The van der Waals surface area contributed by atoms with E-state index in [9.17, 15) is 9.59 Å². The molecule has 2 unspecified atom stereocenters. The molecule has 5 heteroatoms. The minimum atomic E-state index is -0.122. The number of fused-ring (bicyclic) bond motifs is 1. The molecule has 112 valence electrons. The Hall–Kier alpha value is -0.970. The third-order valence-corrected chi connectivity index (χ3v) is 5.15. The van der Waals surface area contributed by atoms with Gasteiger partial charge in [-0.05, 0) is 31.8 Å². The van der Waals surface area contributed by atoms with E-state index < -0.39 is 0 Å². The van der Waals surface area contributed by atoms with Crippen LogP contribution in [-0.2, 0) is 9.59 Å². The lowest BCUT2D eigenvalue weighted by molar-refractivity contribution is -0.155. The highest BCUT2D eigenvalue weighted by Crippen LogP contribution is 2.50. The largest absolute Gasteiger partial charge is 0.349 e. The number of β-lactam (4-membered cyclic amide) rings is 1. The summed E-state index contributed by atoms with van der Waals surface area (Å²) in [6.07, 6.45) is 0. The zero-order valence-corrected chi connectivity index (χ0v) is 13.9. The summed E-state index contributed by atoms with van der Waals surface area (Å²) in [6.45, 7) is 12.1. The quantitative estimate of drug-likeness (QED) is 0.796. The highest BCUT2D eigenvalue weighted by Gasteiger charge is 2.56. The molecule has 1 N–H and O–H groups in total. The molecule has 2 heterocycles. The predicted octanol–water partition coefficient (Wildman–Crippen LogP) is 2.36. The molecule has 0 radical (unpaired) electrons. The van der Waals surface area contributed by atoms with Gasteiger partial charge >= 0.3 is 0 Å². The molecule has 0 bridgehead atoms. The van der Waals surface area contributed by atoms with E-state index in [0.29, 0.717) is 5.70 Å². The lowest BCUT2D eigenvalue weighted by Gasteiger charge is -2.54. The Kier molecular flexibility index (Phi) is 3.93. The first-order valence-electron chi connectivity index (χ1n) is 7.10. The highest BCUT2D eigenvalue weighted by molar-refractivity contribution is 8.00. The van der Waals surface area contributed by atoms with Crippen molar-refractivity contribution in [2.75, 3.05) is 5.75 Å². The van der Waals surface area contributed by atoms with E-state index in [-0.39, 0.29) is 34.6 Å². The molecule has 1 fully saturated rings. The number of thioether (sulfide) groups is 1. The molecular formula is C15H24N2O2S. The molecule has 0 aromatic carbocycles. The summed E-state index contributed by atoms with van der Waals surface area (Å²) in [4.78, 5) is 26.5. The molecule has 2 aliphatic heterocycles. The zero-order valence-electron chi connectivity index (χ0n) is 13.1. The fraction of sp³-hybridized carbons (Fsp3) is 0.733. The van der Waals surface area contributed by atoms with Gasteiger partial charge in [-0.15, -0.1) is 11.8 Å². The van der Waals surface area contributed by atoms with E-state index in [1.54, 1.807) is 16.7 Å². The maximum absolute atomic E-state index is 12.5. The van der Waals surface area contributed by atoms with E-state index in [0.717, 1.165) is 11.3 Å². The number of amides is 2.